The van der Waals surface area contributed by atoms with Crippen LogP contribution in [0.15, 0.2) is 0 Å². The minimum Gasteiger partial charge on any atom is -0.388 e. The van der Waals surface area contributed by atoms with Crippen molar-refractivity contribution in [2.75, 3.05) is 20.1 Å². The van der Waals surface area contributed by atoms with Crippen LogP contribution in [0.25, 0.3) is 0 Å². The monoisotopic (exact) mass is 199 g/mol. The molecule has 0 spiro atoms. The maximum atomic E-state index is 7.12. The zero-order valence-corrected chi connectivity index (χ0v) is 9.12. The summed E-state index contributed by atoms with van der Waals surface area (Å²) in [7, 11) is 2.05. The van der Waals surface area contributed by atoms with Crippen LogP contribution < -0.4 is 5.73 Å². The molecule has 1 aliphatic rings. The van der Waals surface area contributed by atoms with Gasteiger partial charge in [0, 0.05) is 19.5 Å². The lowest BCUT2D eigenvalue weighted by Gasteiger charge is -2.20. The van der Waals surface area contributed by atoms with E-state index in [1.807, 2.05) is 0 Å². The van der Waals surface area contributed by atoms with E-state index in [-0.39, 0.29) is 5.84 Å². The van der Waals surface area contributed by atoms with Crippen LogP contribution in [0.4, 0.5) is 0 Å². The number of nitrogens with one attached hydrogen (secondary N) is 1. The molecule has 0 aromatic rings. The molecule has 4 nitrogen and oxygen atoms in total. The number of ether oxygens (including phenoxy) is 1. The van der Waals surface area contributed by atoms with Gasteiger partial charge < -0.3 is 15.4 Å². The first-order chi connectivity index (χ1) is 6.58. The second-order valence-electron chi connectivity index (χ2n) is 4.18. The summed E-state index contributed by atoms with van der Waals surface area (Å²) < 4.78 is 5.71. The summed E-state index contributed by atoms with van der Waals surface area (Å²) in [6.45, 7) is 3.93. The Morgan fingerprint density at radius 3 is 2.79 bits per heavy atom. The van der Waals surface area contributed by atoms with Gasteiger partial charge in [-0.15, -0.1) is 0 Å². The predicted molar refractivity (Wildman–Crippen MR) is 57.6 cm³/mol. The van der Waals surface area contributed by atoms with Gasteiger partial charge >= 0.3 is 0 Å². The van der Waals surface area contributed by atoms with E-state index in [0.717, 1.165) is 19.5 Å². The maximum absolute atomic E-state index is 7.12. The number of nitrogens with zero attached hydrogens (tertiary/aromatic N) is 1. The van der Waals surface area contributed by atoms with Crippen molar-refractivity contribution in [3.05, 3.63) is 0 Å². The van der Waals surface area contributed by atoms with E-state index in [1.165, 1.54) is 6.42 Å². The lowest BCUT2D eigenvalue weighted by atomic mass is 10.2. The van der Waals surface area contributed by atoms with Gasteiger partial charge in [0.15, 0.2) is 0 Å². The molecule has 1 aliphatic heterocycles. The van der Waals surface area contributed by atoms with E-state index in [1.54, 1.807) is 0 Å². The van der Waals surface area contributed by atoms with E-state index in [0.29, 0.717) is 18.6 Å². The third-order valence-corrected chi connectivity index (χ3v) is 2.60. The molecule has 0 radical (unpaired) electrons. The average Bonchev–Trinajstić information content (AvgIpc) is 2.48. The van der Waals surface area contributed by atoms with E-state index >= 15 is 0 Å². The first-order valence-electron chi connectivity index (χ1n) is 5.25. The van der Waals surface area contributed by atoms with Crippen molar-refractivity contribution in [2.24, 2.45) is 5.73 Å². The maximum Gasteiger partial charge on any atom is 0.0918 e. The molecule has 1 rings (SSSR count). The summed E-state index contributed by atoms with van der Waals surface area (Å²) in [5.41, 5.74) is 5.30. The van der Waals surface area contributed by atoms with Crippen molar-refractivity contribution in [3.63, 3.8) is 0 Å². The molecule has 14 heavy (non-hydrogen) atoms. The van der Waals surface area contributed by atoms with Crippen LogP contribution in [-0.4, -0.2) is 43.1 Å². The Balaban J connectivity index is 2.13. The molecule has 1 fully saturated rings. The summed E-state index contributed by atoms with van der Waals surface area (Å²) >= 11 is 0. The van der Waals surface area contributed by atoms with Crippen LogP contribution in [0.1, 0.15) is 26.2 Å². The van der Waals surface area contributed by atoms with E-state index in [9.17, 15) is 0 Å². The van der Waals surface area contributed by atoms with Crippen LogP contribution in [0.5, 0.6) is 0 Å². The van der Waals surface area contributed by atoms with Gasteiger partial charge in [0.1, 0.15) is 0 Å². The molecule has 0 aromatic carbocycles. The number of likely N-dealkylation sites (N-methyl/N-ethyl adjacent to an activating group) is 1. The van der Waals surface area contributed by atoms with Gasteiger partial charge in [-0.25, -0.2) is 0 Å². The zero-order valence-electron chi connectivity index (χ0n) is 9.12. The third kappa shape index (κ3) is 4.07. The van der Waals surface area contributed by atoms with E-state index in [2.05, 4.69) is 18.9 Å². The number of amidine groups is 1. The molecular formula is C10H21N3O. The van der Waals surface area contributed by atoms with Crippen LogP contribution in [0, 0.1) is 5.41 Å². The number of hydrogen-bond donors (Lipinski definition) is 2. The molecule has 2 unspecified atom stereocenters. The lowest BCUT2D eigenvalue weighted by Crippen LogP contribution is -2.31. The highest BCUT2D eigenvalue weighted by Crippen LogP contribution is 2.19. The molecule has 0 aliphatic carbocycles. The second-order valence-corrected chi connectivity index (χ2v) is 4.18. The van der Waals surface area contributed by atoms with Crippen molar-refractivity contribution in [3.8, 4) is 0 Å². The first kappa shape index (κ1) is 11.5. The molecular weight excluding hydrogens is 178 g/mol. The highest BCUT2D eigenvalue weighted by Gasteiger charge is 2.22. The van der Waals surface area contributed by atoms with Gasteiger partial charge in [0.05, 0.1) is 18.0 Å². The molecule has 2 atom stereocenters. The molecule has 3 N–H and O–H groups in total. The topological polar surface area (TPSA) is 62.3 Å². The minimum absolute atomic E-state index is 0.262. The molecule has 1 heterocycles. The summed E-state index contributed by atoms with van der Waals surface area (Å²) in [4.78, 5) is 2.18. The van der Waals surface area contributed by atoms with Crippen LogP contribution >= 0.6 is 0 Å². The summed E-state index contributed by atoms with van der Waals surface area (Å²) in [5, 5.41) is 7.12. The molecule has 1 saturated heterocycles. The standard InChI is InChI=1S/C10H21N3O/c1-8-3-4-9(14-8)7-13(2)6-5-10(11)12/h8-9H,3-7H2,1-2H3,(H3,11,12). The Morgan fingerprint density at radius 2 is 2.29 bits per heavy atom. The highest BCUT2D eigenvalue weighted by molar-refractivity contribution is 5.76. The van der Waals surface area contributed by atoms with Crippen molar-refractivity contribution in [2.45, 2.75) is 38.4 Å². The highest BCUT2D eigenvalue weighted by atomic mass is 16.5. The molecule has 4 heteroatoms. The van der Waals surface area contributed by atoms with Crippen molar-refractivity contribution in [1.29, 1.82) is 5.41 Å². The first-order valence-corrected chi connectivity index (χ1v) is 5.25. The number of hydrogen-bond acceptors (Lipinski definition) is 3. The molecule has 0 saturated carbocycles. The zero-order chi connectivity index (χ0) is 10.6. The smallest absolute Gasteiger partial charge is 0.0918 e. The Bertz CT molecular complexity index is 196. The van der Waals surface area contributed by atoms with Crippen molar-refractivity contribution >= 4 is 5.84 Å². The van der Waals surface area contributed by atoms with Crippen LogP contribution in [0.3, 0.4) is 0 Å². The quantitative estimate of drug-likeness (QED) is 0.509. The van der Waals surface area contributed by atoms with Crippen LogP contribution in [0.2, 0.25) is 0 Å². The third-order valence-electron chi connectivity index (χ3n) is 2.60. The Hall–Kier alpha value is -0.610. The Morgan fingerprint density at radius 1 is 1.57 bits per heavy atom. The van der Waals surface area contributed by atoms with Gasteiger partial charge in [-0.1, -0.05) is 0 Å². The average molecular weight is 199 g/mol. The predicted octanol–water partition coefficient (Wildman–Crippen LogP) is 0.812. The summed E-state index contributed by atoms with van der Waals surface area (Å²) in [6, 6.07) is 0. The fraction of sp³-hybridized carbons (Fsp3) is 0.900. The van der Waals surface area contributed by atoms with Gasteiger partial charge in [-0.05, 0) is 26.8 Å². The molecule has 0 amide bonds. The number of rotatable bonds is 5. The van der Waals surface area contributed by atoms with Gasteiger partial charge in [-0.2, -0.15) is 0 Å². The van der Waals surface area contributed by atoms with Gasteiger partial charge in [0.2, 0.25) is 0 Å². The van der Waals surface area contributed by atoms with Crippen molar-refractivity contribution < 1.29 is 4.74 Å². The SMILES string of the molecule is CC1CCC(CN(C)CCC(=N)N)O1. The minimum atomic E-state index is 0.262. The van der Waals surface area contributed by atoms with Gasteiger partial charge in [0.25, 0.3) is 0 Å². The largest absolute Gasteiger partial charge is 0.388 e. The van der Waals surface area contributed by atoms with Gasteiger partial charge in [-0.3, -0.25) is 5.41 Å². The van der Waals surface area contributed by atoms with E-state index in [4.69, 9.17) is 15.9 Å². The second kappa shape index (κ2) is 5.32. The molecule has 0 aromatic heterocycles. The summed E-state index contributed by atoms with van der Waals surface area (Å²) in [6.07, 6.45) is 3.78. The van der Waals surface area contributed by atoms with Crippen molar-refractivity contribution in [1.82, 2.24) is 4.90 Å². The van der Waals surface area contributed by atoms with E-state index < -0.39 is 0 Å². The Labute approximate surface area is 85.9 Å². The van der Waals surface area contributed by atoms with Crippen LogP contribution in [-0.2, 0) is 4.74 Å². The fourth-order valence-electron chi connectivity index (χ4n) is 1.77. The lowest BCUT2D eigenvalue weighted by molar-refractivity contribution is 0.0369. The fourth-order valence-corrected chi connectivity index (χ4v) is 1.77. The molecule has 82 valence electrons. The normalized spacial score (nSPS) is 27.1. The summed E-state index contributed by atoms with van der Waals surface area (Å²) in [5.74, 6) is 0.262. The number of nitrogens with two attached hydrogens (primary N) is 1. The Kier molecular flexibility index (Phi) is 4.35. The molecule has 0 bridgehead atoms.